The lowest BCUT2D eigenvalue weighted by molar-refractivity contribution is -0.117. The number of amides is 2. The molecule has 1 fully saturated rings. The monoisotopic (exact) mass is 658 g/mol. The maximum atomic E-state index is 13.0. The first-order chi connectivity index (χ1) is 18.0. The van der Waals surface area contributed by atoms with E-state index in [-0.39, 0.29) is 22.0 Å². The molecule has 3 aromatic rings. The number of carbonyl (C=O) groups is 2. The highest BCUT2D eigenvalue weighted by molar-refractivity contribution is 7.92. The molecule has 0 bridgehead atoms. The van der Waals surface area contributed by atoms with E-state index in [0.717, 1.165) is 12.1 Å². The van der Waals surface area contributed by atoms with Gasteiger partial charge < -0.3 is 10.6 Å². The molecule has 0 heterocycles. The van der Waals surface area contributed by atoms with E-state index in [1.165, 1.54) is 24.3 Å². The summed E-state index contributed by atoms with van der Waals surface area (Å²) in [5, 5.41) is 5.73. The Morgan fingerprint density at radius 1 is 0.821 bits per heavy atom. The number of benzene rings is 3. The van der Waals surface area contributed by atoms with E-state index in [4.69, 9.17) is 58.0 Å². The molecule has 1 aliphatic carbocycles. The number of nitrogens with one attached hydrogen (secondary N) is 2. The van der Waals surface area contributed by atoms with Crippen molar-refractivity contribution >= 4 is 91.0 Å². The van der Waals surface area contributed by atoms with Crippen LogP contribution in [-0.2, 0) is 14.6 Å². The summed E-state index contributed by atoms with van der Waals surface area (Å²) in [4.78, 5) is 24.8. The van der Waals surface area contributed by atoms with Gasteiger partial charge in [0, 0.05) is 27.3 Å². The van der Waals surface area contributed by atoms with Gasteiger partial charge in [0.15, 0.2) is 0 Å². The van der Waals surface area contributed by atoms with Crippen LogP contribution in [0.15, 0.2) is 65.6 Å². The van der Waals surface area contributed by atoms with Crippen molar-refractivity contribution in [3.05, 3.63) is 86.9 Å². The Morgan fingerprint density at radius 3 is 1.95 bits per heavy atom. The molecule has 6 nitrogen and oxygen atoms in total. The zero-order valence-corrected chi connectivity index (χ0v) is 23.6. The van der Waals surface area contributed by atoms with Gasteiger partial charge in [0.2, 0.25) is 5.91 Å². The van der Waals surface area contributed by atoms with Gasteiger partial charge in [-0.15, -0.1) is 23.2 Å². The maximum absolute atomic E-state index is 13.0. The first kappa shape index (κ1) is 29.8. The van der Waals surface area contributed by atoms with Crippen LogP contribution in [0, 0.1) is 5.92 Å². The highest BCUT2D eigenvalue weighted by Gasteiger charge is 2.67. The third-order valence-electron chi connectivity index (χ3n) is 5.79. The fourth-order valence-electron chi connectivity index (χ4n) is 3.87. The number of halogens is 8. The van der Waals surface area contributed by atoms with Crippen molar-refractivity contribution in [2.45, 2.75) is 20.7 Å². The number of hydrogen-bond donors (Lipinski definition) is 2. The first-order valence-corrected chi connectivity index (χ1v) is 14.1. The van der Waals surface area contributed by atoms with Gasteiger partial charge in [-0.2, -0.15) is 13.2 Å². The van der Waals surface area contributed by atoms with Crippen molar-refractivity contribution < 1.29 is 31.2 Å². The van der Waals surface area contributed by atoms with E-state index < -0.39 is 48.2 Å². The van der Waals surface area contributed by atoms with E-state index in [9.17, 15) is 31.2 Å². The molecule has 3 aromatic carbocycles. The van der Waals surface area contributed by atoms with Crippen LogP contribution in [-0.4, -0.2) is 30.1 Å². The third-order valence-corrected chi connectivity index (χ3v) is 8.99. The Kier molecular flexibility index (Phi) is 8.12. The van der Waals surface area contributed by atoms with Crippen molar-refractivity contribution in [3.8, 4) is 0 Å². The lowest BCUT2D eigenvalue weighted by Gasteiger charge is -2.11. The SMILES string of the molecule is O=C(Nc1ccc(S(=O)(=O)C(F)(F)F)cc1)c1cc(NC(=O)C2C(c3cc(Cl)cc(Cl)c3)C2(Cl)Cl)ccc1Cl. The van der Waals surface area contributed by atoms with Crippen molar-refractivity contribution in [2.24, 2.45) is 5.92 Å². The molecule has 1 aliphatic rings. The molecular formula is C24H14Cl5F3N2O4S. The van der Waals surface area contributed by atoms with Gasteiger partial charge in [0.25, 0.3) is 15.7 Å². The Balaban J connectivity index is 1.48. The minimum absolute atomic E-state index is 0.00157. The fraction of sp³-hybridized carbons (Fsp3) is 0.167. The second kappa shape index (κ2) is 10.6. The Bertz CT molecular complexity index is 1560. The highest BCUT2D eigenvalue weighted by Crippen LogP contribution is 2.65. The van der Waals surface area contributed by atoms with Crippen molar-refractivity contribution in [3.63, 3.8) is 0 Å². The van der Waals surface area contributed by atoms with Gasteiger partial charge in [-0.05, 0) is 66.2 Å². The smallest absolute Gasteiger partial charge is 0.326 e. The molecular weight excluding hydrogens is 647 g/mol. The van der Waals surface area contributed by atoms with Crippen molar-refractivity contribution in [1.82, 2.24) is 0 Å². The molecule has 4 rings (SSSR count). The second-order valence-corrected chi connectivity index (χ2v) is 13.1. The standard InChI is InChI=1S/C24H14Cl5F3N2O4S/c25-12-7-11(8-13(26)9-12)19-20(23(19,28)29)22(36)34-15-3-6-18(27)17(10-15)21(35)33-14-1-4-16(5-2-14)39(37,38)24(30,31)32/h1-10,19-20H,(H,33,35)(H,34,36). The van der Waals surface area contributed by atoms with Crippen LogP contribution in [0.4, 0.5) is 24.5 Å². The third kappa shape index (κ3) is 6.11. The van der Waals surface area contributed by atoms with Crippen LogP contribution in [0.1, 0.15) is 21.8 Å². The van der Waals surface area contributed by atoms with Crippen molar-refractivity contribution in [2.75, 3.05) is 10.6 Å². The number of carbonyl (C=O) groups excluding carboxylic acids is 2. The topological polar surface area (TPSA) is 92.3 Å². The van der Waals surface area contributed by atoms with Crippen LogP contribution < -0.4 is 10.6 Å². The summed E-state index contributed by atoms with van der Waals surface area (Å²) < 4.78 is 59.8. The highest BCUT2D eigenvalue weighted by atomic mass is 35.5. The Labute approximate surface area is 245 Å². The molecule has 39 heavy (non-hydrogen) atoms. The number of alkyl halides is 5. The van der Waals surface area contributed by atoms with Crippen LogP contribution in [0.5, 0.6) is 0 Å². The van der Waals surface area contributed by atoms with E-state index in [0.29, 0.717) is 27.7 Å². The molecule has 2 unspecified atom stereocenters. The minimum Gasteiger partial charge on any atom is -0.326 e. The molecule has 0 saturated heterocycles. The summed E-state index contributed by atoms with van der Waals surface area (Å²) in [6.07, 6.45) is 0. The lowest BCUT2D eigenvalue weighted by atomic mass is 10.1. The van der Waals surface area contributed by atoms with Gasteiger partial charge in [0.05, 0.1) is 21.4 Å². The molecule has 2 atom stereocenters. The van der Waals surface area contributed by atoms with Crippen LogP contribution in [0.2, 0.25) is 15.1 Å². The largest absolute Gasteiger partial charge is 0.501 e. The average molecular weight is 661 g/mol. The van der Waals surface area contributed by atoms with Crippen LogP contribution >= 0.6 is 58.0 Å². The summed E-state index contributed by atoms with van der Waals surface area (Å²) in [7, 11) is -5.54. The van der Waals surface area contributed by atoms with E-state index in [1.807, 2.05) is 0 Å². The molecule has 206 valence electrons. The Hall–Kier alpha value is -2.21. The van der Waals surface area contributed by atoms with E-state index >= 15 is 0 Å². The fourth-order valence-corrected chi connectivity index (χ4v) is 6.21. The molecule has 2 amide bonds. The molecule has 2 N–H and O–H groups in total. The van der Waals surface area contributed by atoms with Crippen LogP contribution in [0.25, 0.3) is 0 Å². The summed E-state index contributed by atoms with van der Waals surface area (Å²) in [5.41, 5.74) is -4.80. The summed E-state index contributed by atoms with van der Waals surface area (Å²) >= 11 is 31.0. The summed E-state index contributed by atoms with van der Waals surface area (Å²) in [6.45, 7) is 0. The zero-order chi connectivity index (χ0) is 28.9. The molecule has 15 heteroatoms. The molecule has 0 aliphatic heterocycles. The normalized spacial score (nSPS) is 18.4. The molecule has 1 saturated carbocycles. The van der Waals surface area contributed by atoms with Gasteiger partial charge >= 0.3 is 5.51 Å². The number of sulfone groups is 1. The summed E-state index contributed by atoms with van der Waals surface area (Å²) in [5.74, 6) is -2.79. The predicted molar refractivity (Wildman–Crippen MR) is 145 cm³/mol. The van der Waals surface area contributed by atoms with E-state index in [2.05, 4.69) is 10.6 Å². The summed E-state index contributed by atoms with van der Waals surface area (Å²) in [6, 6.07) is 12.2. The average Bonchev–Trinajstić information content (AvgIpc) is 3.41. The Morgan fingerprint density at radius 2 is 1.38 bits per heavy atom. The lowest BCUT2D eigenvalue weighted by Crippen LogP contribution is -2.23. The van der Waals surface area contributed by atoms with Crippen molar-refractivity contribution in [1.29, 1.82) is 0 Å². The van der Waals surface area contributed by atoms with Gasteiger partial charge in [-0.1, -0.05) is 34.8 Å². The maximum Gasteiger partial charge on any atom is 0.501 e. The van der Waals surface area contributed by atoms with Gasteiger partial charge in [-0.3, -0.25) is 9.59 Å². The van der Waals surface area contributed by atoms with Crippen LogP contribution in [0.3, 0.4) is 0 Å². The number of rotatable bonds is 6. The molecule has 0 radical (unpaired) electrons. The first-order valence-electron chi connectivity index (χ1n) is 10.7. The van der Waals surface area contributed by atoms with Gasteiger partial charge in [0.1, 0.15) is 4.33 Å². The van der Waals surface area contributed by atoms with Gasteiger partial charge in [-0.25, -0.2) is 8.42 Å². The predicted octanol–water partition coefficient (Wildman–Crippen LogP) is 7.72. The van der Waals surface area contributed by atoms with E-state index in [1.54, 1.807) is 12.1 Å². The molecule has 0 spiro atoms. The quantitative estimate of drug-likeness (QED) is 0.265. The number of anilines is 2. The second-order valence-electron chi connectivity index (χ2n) is 8.44. The molecule has 0 aromatic heterocycles. The zero-order valence-electron chi connectivity index (χ0n) is 19.0. The minimum atomic E-state index is -5.54. The number of hydrogen-bond acceptors (Lipinski definition) is 4.